The van der Waals surface area contributed by atoms with Gasteiger partial charge in [-0.15, -0.1) is 0 Å². The van der Waals surface area contributed by atoms with Crippen molar-refractivity contribution in [1.82, 2.24) is 9.71 Å². The number of aromatic nitrogens is 1. The molecule has 0 aromatic carbocycles. The maximum absolute atomic E-state index is 11.9. The van der Waals surface area contributed by atoms with Crippen molar-refractivity contribution in [3.63, 3.8) is 0 Å². The highest BCUT2D eigenvalue weighted by Gasteiger charge is 2.19. The van der Waals surface area contributed by atoms with E-state index in [1.807, 2.05) is 0 Å². The van der Waals surface area contributed by atoms with Gasteiger partial charge in [0.05, 0.1) is 11.4 Å². The van der Waals surface area contributed by atoms with Crippen molar-refractivity contribution in [2.45, 2.75) is 11.4 Å². The van der Waals surface area contributed by atoms with Crippen molar-refractivity contribution in [2.24, 2.45) is 5.14 Å². The predicted molar refractivity (Wildman–Crippen MR) is 71.6 cm³/mol. The molecule has 0 saturated heterocycles. The van der Waals surface area contributed by atoms with E-state index in [2.05, 4.69) is 15.0 Å². The fourth-order valence-corrected chi connectivity index (χ4v) is 3.10. The van der Waals surface area contributed by atoms with Crippen LogP contribution in [0.3, 0.4) is 0 Å². The van der Waals surface area contributed by atoms with Crippen molar-refractivity contribution >= 4 is 25.7 Å². The van der Waals surface area contributed by atoms with Crippen LogP contribution in [-0.2, 0) is 20.0 Å². The molecule has 108 valence electrons. The highest BCUT2D eigenvalue weighted by molar-refractivity contribution is 7.89. The van der Waals surface area contributed by atoms with Crippen LogP contribution in [0.5, 0.6) is 0 Å². The standard InChI is InChI=1S/C9H16N4O4S2/c1-11-8-4-2-5-12-9(8)19(16,17)13-6-3-7-18(10,14)15/h2,4-5,11,13H,3,6-7H2,1H3,(H2,10,14,15). The van der Waals surface area contributed by atoms with Crippen LogP contribution < -0.4 is 15.2 Å². The zero-order chi connectivity index (χ0) is 14.5. The molecule has 0 bridgehead atoms. The Morgan fingerprint density at radius 3 is 2.58 bits per heavy atom. The van der Waals surface area contributed by atoms with Crippen LogP contribution in [0.15, 0.2) is 23.4 Å². The van der Waals surface area contributed by atoms with Gasteiger partial charge < -0.3 is 5.32 Å². The van der Waals surface area contributed by atoms with Gasteiger partial charge >= 0.3 is 0 Å². The summed E-state index contributed by atoms with van der Waals surface area (Å²) in [7, 11) is -5.78. The first kappa shape index (κ1) is 15.8. The second kappa shape index (κ2) is 6.28. The molecule has 8 nitrogen and oxygen atoms in total. The van der Waals surface area contributed by atoms with Crippen LogP contribution in [0.1, 0.15) is 6.42 Å². The SMILES string of the molecule is CNc1cccnc1S(=O)(=O)NCCCS(N)(=O)=O. The predicted octanol–water partition coefficient (Wildman–Crippen LogP) is -0.920. The Balaban J connectivity index is 2.71. The Morgan fingerprint density at radius 2 is 2.00 bits per heavy atom. The lowest BCUT2D eigenvalue weighted by Gasteiger charge is -2.09. The number of nitrogens with one attached hydrogen (secondary N) is 2. The Hall–Kier alpha value is -1.23. The summed E-state index contributed by atoms with van der Waals surface area (Å²) in [5, 5.41) is 7.40. The third-order valence-electron chi connectivity index (χ3n) is 2.19. The van der Waals surface area contributed by atoms with Crippen LogP contribution >= 0.6 is 0 Å². The van der Waals surface area contributed by atoms with Gasteiger partial charge in [0.2, 0.25) is 10.0 Å². The van der Waals surface area contributed by atoms with E-state index >= 15 is 0 Å². The molecule has 0 unspecified atom stereocenters. The fourth-order valence-electron chi connectivity index (χ4n) is 1.34. The van der Waals surface area contributed by atoms with E-state index in [9.17, 15) is 16.8 Å². The fraction of sp³-hybridized carbons (Fsp3) is 0.444. The van der Waals surface area contributed by atoms with Gasteiger partial charge in [0, 0.05) is 19.8 Å². The highest BCUT2D eigenvalue weighted by atomic mass is 32.2. The first-order valence-electron chi connectivity index (χ1n) is 5.39. The van der Waals surface area contributed by atoms with Gasteiger partial charge in [0.15, 0.2) is 5.03 Å². The average molecular weight is 308 g/mol. The van der Waals surface area contributed by atoms with Gasteiger partial charge in [-0.25, -0.2) is 31.7 Å². The Kier molecular flexibility index (Phi) is 5.23. The second-order valence-electron chi connectivity index (χ2n) is 3.72. The third kappa shape index (κ3) is 5.11. The first-order chi connectivity index (χ1) is 8.76. The maximum atomic E-state index is 11.9. The molecule has 0 amide bonds. The number of rotatable bonds is 7. The summed E-state index contributed by atoms with van der Waals surface area (Å²) in [6.07, 6.45) is 1.46. The second-order valence-corrected chi connectivity index (χ2v) is 7.14. The van der Waals surface area contributed by atoms with Crippen LogP contribution in [0.2, 0.25) is 0 Å². The number of sulfonamides is 2. The summed E-state index contributed by atoms with van der Waals surface area (Å²) in [4.78, 5) is 3.79. The van der Waals surface area contributed by atoms with Crippen molar-refractivity contribution in [3.8, 4) is 0 Å². The normalized spacial score (nSPS) is 12.3. The summed E-state index contributed by atoms with van der Waals surface area (Å²) in [6, 6.07) is 3.18. The van der Waals surface area contributed by atoms with Crippen molar-refractivity contribution in [1.29, 1.82) is 0 Å². The maximum Gasteiger partial charge on any atom is 0.260 e. The Bertz CT molecular complexity index is 627. The first-order valence-corrected chi connectivity index (χ1v) is 8.59. The smallest absolute Gasteiger partial charge is 0.260 e. The van der Waals surface area contributed by atoms with E-state index in [4.69, 9.17) is 5.14 Å². The molecule has 0 aliphatic rings. The number of nitrogens with zero attached hydrogens (tertiary/aromatic N) is 1. The minimum atomic E-state index is -3.78. The summed E-state index contributed by atoms with van der Waals surface area (Å²) in [5.74, 6) is -0.281. The molecule has 19 heavy (non-hydrogen) atoms. The largest absolute Gasteiger partial charge is 0.386 e. The lowest BCUT2D eigenvalue weighted by Crippen LogP contribution is -2.28. The van der Waals surface area contributed by atoms with E-state index in [1.54, 1.807) is 19.2 Å². The molecule has 1 aromatic rings. The summed E-state index contributed by atoms with van der Waals surface area (Å²) in [5.41, 5.74) is 0.362. The van der Waals surface area contributed by atoms with E-state index in [1.165, 1.54) is 6.20 Å². The number of hydrogen-bond donors (Lipinski definition) is 3. The van der Waals surface area contributed by atoms with Crippen molar-refractivity contribution < 1.29 is 16.8 Å². The molecule has 1 heterocycles. The monoisotopic (exact) mass is 308 g/mol. The minimum Gasteiger partial charge on any atom is -0.386 e. The lowest BCUT2D eigenvalue weighted by atomic mass is 10.4. The van der Waals surface area contributed by atoms with Crippen molar-refractivity contribution in [3.05, 3.63) is 18.3 Å². The van der Waals surface area contributed by atoms with Gasteiger partial charge in [-0.05, 0) is 18.6 Å². The lowest BCUT2D eigenvalue weighted by molar-refractivity contribution is 0.574. The molecule has 0 radical (unpaired) electrons. The van der Waals surface area contributed by atoms with Crippen LogP contribution in [-0.4, -0.2) is 41.2 Å². The molecule has 1 rings (SSSR count). The summed E-state index contributed by atoms with van der Waals surface area (Å²) in [6.45, 7) is -0.0293. The van der Waals surface area contributed by atoms with E-state index in [-0.39, 0.29) is 23.7 Å². The van der Waals surface area contributed by atoms with Crippen LogP contribution in [0.4, 0.5) is 5.69 Å². The number of hydrogen-bond acceptors (Lipinski definition) is 6. The van der Waals surface area contributed by atoms with Gasteiger partial charge in [-0.3, -0.25) is 0 Å². The van der Waals surface area contributed by atoms with Gasteiger partial charge in [0.1, 0.15) is 0 Å². The third-order valence-corrected chi connectivity index (χ3v) is 4.47. The average Bonchev–Trinajstić information content (AvgIpc) is 2.33. The van der Waals surface area contributed by atoms with Crippen LogP contribution in [0.25, 0.3) is 0 Å². The number of nitrogens with two attached hydrogens (primary N) is 1. The van der Waals surface area contributed by atoms with Gasteiger partial charge in [-0.2, -0.15) is 0 Å². The number of anilines is 1. The molecule has 0 atom stereocenters. The zero-order valence-corrected chi connectivity index (χ0v) is 12.0. The topological polar surface area (TPSA) is 131 Å². The molecule has 0 spiro atoms. The van der Waals surface area contributed by atoms with Gasteiger partial charge in [0.25, 0.3) is 10.0 Å². The van der Waals surface area contributed by atoms with Crippen LogP contribution in [0, 0.1) is 0 Å². The van der Waals surface area contributed by atoms with E-state index in [0.717, 1.165) is 0 Å². The Labute approximate surface area is 112 Å². The molecular weight excluding hydrogens is 292 g/mol. The van der Waals surface area contributed by atoms with E-state index in [0.29, 0.717) is 5.69 Å². The van der Waals surface area contributed by atoms with E-state index < -0.39 is 20.0 Å². The molecule has 10 heteroatoms. The molecule has 0 aliphatic carbocycles. The summed E-state index contributed by atoms with van der Waals surface area (Å²) < 4.78 is 47.6. The molecule has 1 aromatic heterocycles. The quantitative estimate of drug-likeness (QED) is 0.558. The summed E-state index contributed by atoms with van der Waals surface area (Å²) >= 11 is 0. The van der Waals surface area contributed by atoms with Gasteiger partial charge in [-0.1, -0.05) is 0 Å². The molecule has 0 aliphatic heterocycles. The number of pyridine rings is 1. The molecule has 0 fully saturated rings. The molecular formula is C9H16N4O4S2. The minimum absolute atomic E-state index is 0.0293. The number of primary sulfonamides is 1. The molecule has 4 N–H and O–H groups in total. The van der Waals surface area contributed by atoms with Crippen molar-refractivity contribution in [2.75, 3.05) is 24.7 Å². The molecule has 0 saturated carbocycles. The zero-order valence-electron chi connectivity index (χ0n) is 10.3. The Morgan fingerprint density at radius 1 is 1.32 bits per heavy atom. The highest BCUT2D eigenvalue weighted by Crippen LogP contribution is 2.16.